The minimum atomic E-state index is 0.383. The van der Waals surface area contributed by atoms with Crippen LogP contribution < -0.4 is 16.2 Å². The zero-order valence-electron chi connectivity index (χ0n) is 7.46. The predicted molar refractivity (Wildman–Crippen MR) is 49.9 cm³/mol. The van der Waals surface area contributed by atoms with Crippen molar-refractivity contribution in [3.63, 3.8) is 0 Å². The van der Waals surface area contributed by atoms with Gasteiger partial charge in [-0.3, -0.25) is 10.7 Å². The molecule has 2 aliphatic heterocycles. The highest BCUT2D eigenvalue weighted by atomic mass is 15.5. The van der Waals surface area contributed by atoms with Crippen LogP contribution in [0.5, 0.6) is 0 Å². The molecule has 0 radical (unpaired) electrons. The van der Waals surface area contributed by atoms with E-state index < -0.39 is 0 Å². The van der Waals surface area contributed by atoms with Crippen molar-refractivity contribution in [1.29, 1.82) is 0 Å². The van der Waals surface area contributed by atoms with Gasteiger partial charge < -0.3 is 4.57 Å². The number of hydrogen-bond donors (Lipinski definition) is 3. The van der Waals surface area contributed by atoms with Crippen LogP contribution in [0, 0.1) is 0 Å². The van der Waals surface area contributed by atoms with Gasteiger partial charge in [-0.1, -0.05) is 0 Å². The minimum absolute atomic E-state index is 0.383. The Labute approximate surface area is 77.3 Å². The molecule has 0 aliphatic carbocycles. The lowest BCUT2D eigenvalue weighted by Gasteiger charge is -2.39. The maximum absolute atomic E-state index is 3.47. The minimum Gasteiger partial charge on any atom is -0.344 e. The van der Waals surface area contributed by atoms with Crippen molar-refractivity contribution in [2.45, 2.75) is 25.2 Å². The van der Waals surface area contributed by atoms with Crippen LogP contribution in [0.15, 0.2) is 18.3 Å². The molecule has 2 aliphatic rings. The SMILES string of the molecule is c1cc2n(c1)C1CCNNC1NC2. The Morgan fingerprint density at radius 1 is 1.46 bits per heavy atom. The molecular formula is C9H14N4. The molecule has 0 bridgehead atoms. The zero-order valence-corrected chi connectivity index (χ0v) is 7.46. The van der Waals surface area contributed by atoms with Crippen molar-refractivity contribution in [3.8, 4) is 0 Å². The van der Waals surface area contributed by atoms with Gasteiger partial charge in [-0.25, -0.2) is 5.43 Å². The highest BCUT2D eigenvalue weighted by molar-refractivity contribution is 5.12. The lowest BCUT2D eigenvalue weighted by Crippen LogP contribution is -2.60. The fourth-order valence-electron chi connectivity index (χ4n) is 2.27. The van der Waals surface area contributed by atoms with Gasteiger partial charge in [0, 0.05) is 25.0 Å². The largest absolute Gasteiger partial charge is 0.344 e. The van der Waals surface area contributed by atoms with E-state index in [1.807, 2.05) is 0 Å². The molecule has 0 aromatic carbocycles. The second-order valence-corrected chi connectivity index (χ2v) is 3.69. The summed E-state index contributed by atoms with van der Waals surface area (Å²) in [7, 11) is 0. The summed E-state index contributed by atoms with van der Waals surface area (Å²) in [6, 6.07) is 4.88. The summed E-state index contributed by atoms with van der Waals surface area (Å²) in [5, 5.41) is 3.47. The predicted octanol–water partition coefficient (Wildman–Crippen LogP) is -0.0436. The second-order valence-electron chi connectivity index (χ2n) is 3.69. The monoisotopic (exact) mass is 178 g/mol. The first-order valence-electron chi connectivity index (χ1n) is 4.82. The van der Waals surface area contributed by atoms with Gasteiger partial charge >= 0.3 is 0 Å². The first-order valence-corrected chi connectivity index (χ1v) is 4.82. The fourth-order valence-corrected chi connectivity index (χ4v) is 2.27. The number of nitrogens with zero attached hydrogens (tertiary/aromatic N) is 1. The molecule has 2 atom stereocenters. The van der Waals surface area contributed by atoms with Gasteiger partial charge in [0.25, 0.3) is 0 Å². The highest BCUT2D eigenvalue weighted by Gasteiger charge is 2.29. The molecule has 0 saturated carbocycles. The summed E-state index contributed by atoms with van der Waals surface area (Å²) < 4.78 is 2.38. The Morgan fingerprint density at radius 3 is 3.46 bits per heavy atom. The van der Waals surface area contributed by atoms with Gasteiger partial charge in [-0.15, -0.1) is 0 Å². The average molecular weight is 178 g/mol. The number of fused-ring (bicyclic) bond motifs is 3. The van der Waals surface area contributed by atoms with Crippen molar-refractivity contribution >= 4 is 0 Å². The molecule has 1 saturated heterocycles. The maximum Gasteiger partial charge on any atom is 0.0917 e. The third-order valence-corrected chi connectivity index (χ3v) is 2.93. The smallest absolute Gasteiger partial charge is 0.0917 e. The summed E-state index contributed by atoms with van der Waals surface area (Å²) in [6.07, 6.45) is 3.75. The van der Waals surface area contributed by atoms with E-state index in [0.29, 0.717) is 12.2 Å². The van der Waals surface area contributed by atoms with Crippen LogP contribution in [-0.4, -0.2) is 17.3 Å². The number of nitrogens with one attached hydrogen (secondary N) is 3. The fraction of sp³-hybridized carbons (Fsp3) is 0.556. The van der Waals surface area contributed by atoms with Crippen molar-refractivity contribution in [2.24, 2.45) is 0 Å². The van der Waals surface area contributed by atoms with Crippen molar-refractivity contribution in [2.75, 3.05) is 6.54 Å². The lowest BCUT2D eigenvalue weighted by molar-refractivity contribution is 0.184. The summed E-state index contributed by atoms with van der Waals surface area (Å²) in [5.41, 5.74) is 7.84. The van der Waals surface area contributed by atoms with Gasteiger partial charge in [0.1, 0.15) is 0 Å². The topological polar surface area (TPSA) is 41.0 Å². The van der Waals surface area contributed by atoms with Crippen LogP contribution in [0.25, 0.3) is 0 Å². The Hall–Kier alpha value is -0.840. The molecular weight excluding hydrogens is 164 g/mol. The van der Waals surface area contributed by atoms with E-state index in [2.05, 4.69) is 39.1 Å². The van der Waals surface area contributed by atoms with Crippen LogP contribution in [0.4, 0.5) is 0 Å². The summed E-state index contributed by atoms with van der Waals surface area (Å²) >= 11 is 0. The molecule has 3 heterocycles. The van der Waals surface area contributed by atoms with Crippen LogP contribution >= 0.6 is 0 Å². The zero-order chi connectivity index (χ0) is 8.67. The molecule has 1 fully saturated rings. The Balaban J connectivity index is 1.97. The van der Waals surface area contributed by atoms with E-state index >= 15 is 0 Å². The average Bonchev–Trinajstić information content (AvgIpc) is 2.65. The molecule has 3 rings (SSSR count). The van der Waals surface area contributed by atoms with Crippen molar-refractivity contribution in [3.05, 3.63) is 24.0 Å². The van der Waals surface area contributed by atoms with E-state index in [1.165, 1.54) is 12.1 Å². The van der Waals surface area contributed by atoms with Crippen LogP contribution in [0.3, 0.4) is 0 Å². The quantitative estimate of drug-likeness (QED) is 0.522. The molecule has 0 spiro atoms. The van der Waals surface area contributed by atoms with E-state index in [0.717, 1.165) is 13.1 Å². The van der Waals surface area contributed by atoms with E-state index in [1.54, 1.807) is 0 Å². The first-order chi connectivity index (χ1) is 6.45. The van der Waals surface area contributed by atoms with Crippen molar-refractivity contribution in [1.82, 2.24) is 20.7 Å². The van der Waals surface area contributed by atoms with Gasteiger partial charge in [0.15, 0.2) is 0 Å². The van der Waals surface area contributed by atoms with Crippen LogP contribution in [0.2, 0.25) is 0 Å². The first kappa shape index (κ1) is 7.55. The van der Waals surface area contributed by atoms with Gasteiger partial charge in [-0.05, 0) is 18.6 Å². The molecule has 4 nitrogen and oxygen atoms in total. The molecule has 4 heteroatoms. The number of aromatic nitrogens is 1. The molecule has 0 amide bonds. The maximum atomic E-state index is 3.47. The van der Waals surface area contributed by atoms with Gasteiger partial charge in [0.2, 0.25) is 0 Å². The molecule has 1 aromatic rings. The highest BCUT2D eigenvalue weighted by Crippen LogP contribution is 2.23. The van der Waals surface area contributed by atoms with E-state index in [9.17, 15) is 0 Å². The lowest BCUT2D eigenvalue weighted by atomic mass is 10.1. The molecule has 1 aromatic heterocycles. The summed E-state index contributed by atoms with van der Waals surface area (Å²) in [5.74, 6) is 0. The Bertz CT molecular complexity index is 306. The molecule has 2 unspecified atom stereocenters. The van der Waals surface area contributed by atoms with Crippen molar-refractivity contribution < 1.29 is 0 Å². The normalized spacial score (nSPS) is 32.3. The number of rotatable bonds is 0. The summed E-state index contributed by atoms with van der Waals surface area (Å²) in [4.78, 5) is 0. The standard InChI is InChI=1S/C9H14N4/c1-2-7-6-10-9-8(13(7)5-1)3-4-11-12-9/h1-2,5,8-12H,3-4,6H2. The van der Waals surface area contributed by atoms with Gasteiger partial charge in [-0.2, -0.15) is 0 Å². The Morgan fingerprint density at radius 2 is 2.46 bits per heavy atom. The van der Waals surface area contributed by atoms with Crippen LogP contribution in [-0.2, 0) is 6.54 Å². The molecule has 70 valence electrons. The summed E-state index contributed by atoms with van der Waals surface area (Å²) in [6.45, 7) is 2.00. The third-order valence-electron chi connectivity index (χ3n) is 2.93. The van der Waals surface area contributed by atoms with E-state index in [-0.39, 0.29) is 0 Å². The van der Waals surface area contributed by atoms with E-state index in [4.69, 9.17) is 0 Å². The van der Waals surface area contributed by atoms with Crippen LogP contribution in [0.1, 0.15) is 18.2 Å². The number of hydrogen-bond acceptors (Lipinski definition) is 3. The molecule has 3 N–H and O–H groups in total. The Kier molecular flexibility index (Phi) is 1.65. The number of hydrazine groups is 1. The second kappa shape index (κ2) is 2.83. The third kappa shape index (κ3) is 1.10. The van der Waals surface area contributed by atoms with Gasteiger partial charge in [0.05, 0.1) is 12.2 Å². The molecule has 13 heavy (non-hydrogen) atoms.